The average molecular weight is 438 g/mol. The Balaban J connectivity index is 1.37. The average Bonchev–Trinajstić information content (AvgIpc) is 3.31. The van der Waals surface area contributed by atoms with Crippen LogP contribution in [0.25, 0.3) is 0 Å². The second kappa shape index (κ2) is 9.29. The van der Waals surface area contributed by atoms with Crippen molar-refractivity contribution in [2.24, 2.45) is 5.10 Å². The lowest BCUT2D eigenvalue weighted by molar-refractivity contribution is 0.709. The summed E-state index contributed by atoms with van der Waals surface area (Å²) in [6, 6.07) is 37.7. The van der Waals surface area contributed by atoms with Crippen LogP contribution in [0.15, 0.2) is 114 Å². The van der Waals surface area contributed by atoms with E-state index in [0.29, 0.717) is 0 Å². The zero-order valence-corrected chi connectivity index (χ0v) is 18.4. The van der Waals surface area contributed by atoms with Gasteiger partial charge in [0.05, 0.1) is 17.4 Å². The van der Waals surface area contributed by atoms with Crippen LogP contribution in [-0.4, -0.2) is 5.71 Å². The monoisotopic (exact) mass is 437 g/mol. The third-order valence-corrected chi connectivity index (χ3v) is 6.00. The molecule has 0 amide bonds. The van der Waals surface area contributed by atoms with E-state index in [0.717, 1.165) is 35.1 Å². The zero-order chi connectivity index (χ0) is 21.8. The van der Waals surface area contributed by atoms with Gasteiger partial charge in [-0.2, -0.15) is 5.10 Å². The number of anilines is 2. The summed E-state index contributed by atoms with van der Waals surface area (Å²) in [7, 11) is 0. The fourth-order valence-electron chi connectivity index (χ4n) is 4.03. The van der Waals surface area contributed by atoms with Gasteiger partial charge >= 0.3 is 0 Å². The van der Waals surface area contributed by atoms with Crippen molar-refractivity contribution in [2.45, 2.75) is 19.0 Å². The van der Waals surface area contributed by atoms with Crippen LogP contribution >= 0.6 is 11.6 Å². The van der Waals surface area contributed by atoms with Gasteiger partial charge in [0.1, 0.15) is 0 Å². The van der Waals surface area contributed by atoms with Gasteiger partial charge in [-0.05, 0) is 53.1 Å². The molecule has 0 bridgehead atoms. The van der Waals surface area contributed by atoms with Crippen molar-refractivity contribution in [3.63, 3.8) is 0 Å². The van der Waals surface area contributed by atoms with E-state index in [-0.39, 0.29) is 6.04 Å². The Morgan fingerprint density at radius 1 is 0.781 bits per heavy atom. The number of nitrogens with zero attached hydrogens (tertiary/aromatic N) is 2. The first-order valence-corrected chi connectivity index (χ1v) is 11.2. The molecule has 1 heterocycles. The summed E-state index contributed by atoms with van der Waals surface area (Å²) < 4.78 is 0. The lowest BCUT2D eigenvalue weighted by atomic mass is 9.98. The smallest absolute Gasteiger partial charge is 0.0831 e. The minimum atomic E-state index is 0.185. The van der Waals surface area contributed by atoms with Gasteiger partial charge in [0, 0.05) is 23.7 Å². The lowest BCUT2D eigenvalue weighted by Gasteiger charge is -2.24. The highest BCUT2D eigenvalue weighted by Gasteiger charge is 2.29. The summed E-state index contributed by atoms with van der Waals surface area (Å²) in [6.07, 6.45) is 0.883. The summed E-state index contributed by atoms with van der Waals surface area (Å²) >= 11 is 5.97. The molecular weight excluding hydrogens is 414 g/mol. The Morgan fingerprint density at radius 3 is 2.12 bits per heavy atom. The van der Waals surface area contributed by atoms with Crippen LogP contribution in [0, 0.1) is 0 Å². The van der Waals surface area contributed by atoms with E-state index in [2.05, 4.69) is 89.2 Å². The number of hydrazone groups is 1. The Kier molecular flexibility index (Phi) is 5.91. The topological polar surface area (TPSA) is 27.6 Å². The molecule has 0 aromatic heterocycles. The number of halogens is 1. The molecule has 32 heavy (non-hydrogen) atoms. The summed E-state index contributed by atoms with van der Waals surface area (Å²) in [6.45, 7) is 0.753. The molecule has 4 heteroatoms. The van der Waals surface area contributed by atoms with Crippen LogP contribution in [0.1, 0.15) is 29.2 Å². The van der Waals surface area contributed by atoms with Crippen molar-refractivity contribution in [1.29, 1.82) is 0 Å². The van der Waals surface area contributed by atoms with Gasteiger partial charge in [-0.3, -0.25) is 5.01 Å². The van der Waals surface area contributed by atoms with Crippen LogP contribution in [-0.2, 0) is 6.54 Å². The van der Waals surface area contributed by atoms with Crippen molar-refractivity contribution >= 4 is 28.7 Å². The van der Waals surface area contributed by atoms with Crippen LogP contribution in [0.2, 0.25) is 5.02 Å². The van der Waals surface area contributed by atoms with Crippen LogP contribution in [0.3, 0.4) is 0 Å². The number of nitrogens with one attached hydrogen (secondary N) is 1. The highest BCUT2D eigenvalue weighted by atomic mass is 35.5. The lowest BCUT2D eigenvalue weighted by Crippen LogP contribution is -2.18. The van der Waals surface area contributed by atoms with Gasteiger partial charge in [-0.25, -0.2) is 0 Å². The number of benzene rings is 4. The van der Waals surface area contributed by atoms with Gasteiger partial charge in [0.25, 0.3) is 0 Å². The SMILES string of the molecule is Clc1ccc(NCc2ccc(N3N=C(c4ccccc4)C[C@@H]3c3ccccc3)cc2)cc1. The number of rotatable bonds is 6. The minimum Gasteiger partial charge on any atom is -0.381 e. The molecular formula is C28H24ClN3. The van der Waals surface area contributed by atoms with Crippen molar-refractivity contribution < 1.29 is 0 Å². The number of hydrogen-bond acceptors (Lipinski definition) is 3. The van der Waals surface area contributed by atoms with E-state index < -0.39 is 0 Å². The van der Waals surface area contributed by atoms with Crippen molar-refractivity contribution in [1.82, 2.24) is 0 Å². The van der Waals surface area contributed by atoms with Crippen molar-refractivity contribution in [2.75, 3.05) is 10.3 Å². The Hall–Kier alpha value is -3.56. The Labute approximate surface area is 194 Å². The van der Waals surface area contributed by atoms with Crippen LogP contribution in [0.4, 0.5) is 11.4 Å². The fourth-order valence-corrected chi connectivity index (χ4v) is 4.15. The third kappa shape index (κ3) is 4.53. The molecule has 4 aromatic rings. The first-order chi connectivity index (χ1) is 15.8. The van der Waals surface area contributed by atoms with Gasteiger partial charge in [0.15, 0.2) is 0 Å². The molecule has 0 radical (unpaired) electrons. The van der Waals surface area contributed by atoms with Gasteiger partial charge in [-0.15, -0.1) is 0 Å². The molecule has 0 saturated heterocycles. The molecule has 1 aliphatic heterocycles. The van der Waals surface area contributed by atoms with E-state index in [9.17, 15) is 0 Å². The van der Waals surface area contributed by atoms with Gasteiger partial charge < -0.3 is 5.32 Å². The predicted molar refractivity (Wildman–Crippen MR) is 134 cm³/mol. The third-order valence-electron chi connectivity index (χ3n) is 5.74. The minimum absolute atomic E-state index is 0.185. The molecule has 1 atom stereocenters. The summed E-state index contributed by atoms with van der Waals surface area (Å²) in [5.41, 5.74) is 6.94. The summed E-state index contributed by atoms with van der Waals surface area (Å²) in [5.74, 6) is 0. The summed E-state index contributed by atoms with van der Waals surface area (Å²) in [5, 5.41) is 11.4. The van der Waals surface area contributed by atoms with E-state index in [1.807, 2.05) is 30.3 Å². The maximum atomic E-state index is 5.97. The molecule has 1 N–H and O–H groups in total. The molecule has 0 spiro atoms. The fraction of sp³-hybridized carbons (Fsp3) is 0.107. The zero-order valence-electron chi connectivity index (χ0n) is 17.7. The highest BCUT2D eigenvalue weighted by molar-refractivity contribution is 6.30. The normalized spacial score (nSPS) is 15.5. The standard InChI is InChI=1S/C28H24ClN3/c29-24-13-15-25(16-14-24)30-20-21-11-17-26(18-12-21)32-28(23-9-5-2-6-10-23)19-27(31-32)22-7-3-1-4-8-22/h1-18,28,30H,19-20H2/t28-/m1/s1. The largest absolute Gasteiger partial charge is 0.381 e. The molecule has 0 saturated carbocycles. The molecule has 0 aliphatic carbocycles. The molecule has 0 fully saturated rings. The maximum Gasteiger partial charge on any atom is 0.0831 e. The molecule has 3 nitrogen and oxygen atoms in total. The number of hydrogen-bond donors (Lipinski definition) is 1. The predicted octanol–water partition coefficient (Wildman–Crippen LogP) is 7.31. The van der Waals surface area contributed by atoms with E-state index in [4.69, 9.17) is 16.7 Å². The van der Waals surface area contributed by atoms with Crippen LogP contribution < -0.4 is 10.3 Å². The maximum absolute atomic E-state index is 5.97. The molecule has 4 aromatic carbocycles. The summed E-state index contributed by atoms with van der Waals surface area (Å²) in [4.78, 5) is 0. The van der Waals surface area contributed by atoms with Crippen LogP contribution in [0.5, 0.6) is 0 Å². The molecule has 158 valence electrons. The quantitative estimate of drug-likeness (QED) is 0.342. The molecule has 1 aliphatic rings. The highest BCUT2D eigenvalue weighted by Crippen LogP contribution is 2.36. The second-order valence-corrected chi connectivity index (χ2v) is 8.35. The molecule has 0 unspecified atom stereocenters. The van der Waals surface area contributed by atoms with Crippen molar-refractivity contribution in [3.05, 3.63) is 131 Å². The van der Waals surface area contributed by atoms with E-state index in [1.165, 1.54) is 16.7 Å². The van der Waals surface area contributed by atoms with E-state index >= 15 is 0 Å². The Bertz CT molecular complexity index is 1190. The first-order valence-electron chi connectivity index (χ1n) is 10.8. The second-order valence-electron chi connectivity index (χ2n) is 7.91. The van der Waals surface area contributed by atoms with Gasteiger partial charge in [0.2, 0.25) is 0 Å². The Morgan fingerprint density at radius 2 is 1.44 bits per heavy atom. The first kappa shape index (κ1) is 20.3. The molecule has 5 rings (SSSR count). The van der Waals surface area contributed by atoms with E-state index in [1.54, 1.807) is 0 Å². The van der Waals surface area contributed by atoms with Gasteiger partial charge in [-0.1, -0.05) is 84.4 Å². The van der Waals surface area contributed by atoms with Crippen molar-refractivity contribution in [3.8, 4) is 0 Å².